The van der Waals surface area contributed by atoms with Gasteiger partial charge in [-0.05, 0) is 108 Å². The van der Waals surface area contributed by atoms with Gasteiger partial charge in [0.05, 0.1) is 11.2 Å². The topological polar surface area (TPSA) is 114 Å². The van der Waals surface area contributed by atoms with Crippen LogP contribution in [-0.4, -0.2) is 46.8 Å². The lowest BCUT2D eigenvalue weighted by Gasteiger charge is -2.30. The average Bonchev–Trinajstić information content (AvgIpc) is 2.71. The van der Waals surface area contributed by atoms with E-state index in [9.17, 15) is 9.59 Å². The molecule has 0 aliphatic rings. The van der Waals surface area contributed by atoms with E-state index in [-0.39, 0.29) is 0 Å². The highest BCUT2D eigenvalue weighted by molar-refractivity contribution is 5.89. The third-order valence-electron chi connectivity index (χ3n) is 4.93. The number of amides is 2. The Kier molecular flexibility index (Phi) is 12.2. The van der Waals surface area contributed by atoms with Crippen LogP contribution in [-0.2, 0) is 29.0 Å². The number of hydrogen-bond donors (Lipinski definition) is 2. The van der Waals surface area contributed by atoms with Gasteiger partial charge in [-0.15, -0.1) is 0 Å². The molecule has 0 aliphatic heterocycles. The van der Waals surface area contributed by atoms with Crippen LogP contribution in [0.15, 0.2) is 18.2 Å². The van der Waals surface area contributed by atoms with Gasteiger partial charge < -0.3 is 9.47 Å². The Balaban J connectivity index is 2.66. The molecule has 0 saturated carbocycles. The number of ether oxygens (including phenoxy) is 2. The van der Waals surface area contributed by atoms with Gasteiger partial charge in [0.2, 0.25) is 0 Å². The molecule has 2 unspecified atom stereocenters. The van der Waals surface area contributed by atoms with Gasteiger partial charge in [0.25, 0.3) is 0 Å². The fraction of sp³-hybridized carbons (Fsp3) is 0.724. The van der Waals surface area contributed by atoms with Crippen LogP contribution in [0.3, 0.4) is 0 Å². The van der Waals surface area contributed by atoms with Crippen LogP contribution in [0, 0.1) is 6.92 Å². The molecule has 2 N–H and O–H groups in total. The zero-order valence-electron chi connectivity index (χ0n) is 26.1. The third-order valence-corrected chi connectivity index (χ3v) is 4.93. The van der Waals surface area contributed by atoms with E-state index >= 15 is 0 Å². The summed E-state index contributed by atoms with van der Waals surface area (Å²) in [6, 6.07) is 5.14. The van der Waals surface area contributed by atoms with Crippen molar-refractivity contribution in [2.45, 2.75) is 137 Å². The molecule has 0 heterocycles. The normalized spacial score (nSPS) is 14.4. The molecule has 10 heteroatoms. The molecule has 1 aromatic rings. The van der Waals surface area contributed by atoms with Crippen LogP contribution in [0.4, 0.5) is 21.0 Å². The largest absolute Gasteiger partial charge is 0.446 e. The van der Waals surface area contributed by atoms with Crippen LogP contribution in [0.2, 0.25) is 0 Å². The summed E-state index contributed by atoms with van der Waals surface area (Å²) in [5, 5.41) is 5.44. The van der Waals surface area contributed by atoms with Gasteiger partial charge >= 0.3 is 12.2 Å². The highest BCUT2D eigenvalue weighted by Crippen LogP contribution is 2.25. The second kappa shape index (κ2) is 13.8. The number of hydrogen-bond acceptors (Lipinski definition) is 8. The lowest BCUT2D eigenvalue weighted by molar-refractivity contribution is -0.399. The lowest BCUT2D eigenvalue weighted by Crippen LogP contribution is -2.35. The van der Waals surface area contributed by atoms with Gasteiger partial charge in [-0.25, -0.2) is 29.1 Å². The molecule has 1 aromatic carbocycles. The molecule has 2 atom stereocenters. The standard InChI is InChI=1S/C29H50N2O8/c1-19-14-15-22(30-24(32)34-20(2)17-28(10,11)38-36-26(4,5)6)16-23(19)31-25(33)35-21(3)18-29(12,13)39-37-27(7,8)9/h14-16,20-21H,17-18H2,1-13H3,(H,30,32)(H,31,33). The number of nitrogens with one attached hydrogen (secondary N) is 2. The van der Waals surface area contributed by atoms with E-state index < -0.39 is 46.8 Å². The lowest BCUT2D eigenvalue weighted by atomic mass is 10.0. The van der Waals surface area contributed by atoms with Gasteiger partial charge in [-0.3, -0.25) is 10.6 Å². The van der Waals surface area contributed by atoms with E-state index in [1.54, 1.807) is 32.0 Å². The Hall–Kier alpha value is -2.40. The van der Waals surface area contributed by atoms with E-state index in [0.29, 0.717) is 24.2 Å². The second-order valence-corrected chi connectivity index (χ2v) is 13.2. The van der Waals surface area contributed by atoms with Crippen molar-refractivity contribution in [3.8, 4) is 0 Å². The minimum absolute atomic E-state index is 0.422. The van der Waals surface area contributed by atoms with Crippen LogP contribution >= 0.6 is 0 Å². The van der Waals surface area contributed by atoms with E-state index in [2.05, 4.69) is 10.6 Å². The Morgan fingerprint density at radius 2 is 1.10 bits per heavy atom. The molecule has 0 fully saturated rings. The van der Waals surface area contributed by atoms with Crippen molar-refractivity contribution < 1.29 is 38.6 Å². The van der Waals surface area contributed by atoms with E-state index in [0.717, 1.165) is 5.56 Å². The number of rotatable bonds is 12. The maximum absolute atomic E-state index is 12.6. The molecule has 0 spiro atoms. The molecule has 224 valence electrons. The predicted molar refractivity (Wildman–Crippen MR) is 152 cm³/mol. The molecule has 0 saturated heterocycles. The van der Waals surface area contributed by atoms with Crippen LogP contribution in [0.5, 0.6) is 0 Å². The van der Waals surface area contributed by atoms with Gasteiger partial charge in [-0.1, -0.05) is 6.07 Å². The summed E-state index contributed by atoms with van der Waals surface area (Å²) >= 11 is 0. The fourth-order valence-electron chi connectivity index (χ4n) is 3.50. The van der Waals surface area contributed by atoms with Crippen molar-refractivity contribution in [3.05, 3.63) is 23.8 Å². The molecular formula is C29H50N2O8. The zero-order valence-corrected chi connectivity index (χ0v) is 26.1. The van der Waals surface area contributed by atoms with Crippen molar-refractivity contribution in [2.24, 2.45) is 0 Å². The molecule has 10 nitrogen and oxygen atoms in total. The minimum Gasteiger partial charge on any atom is -0.446 e. The zero-order chi connectivity index (χ0) is 30.2. The molecule has 0 bridgehead atoms. The Labute approximate surface area is 234 Å². The van der Waals surface area contributed by atoms with Gasteiger partial charge in [-0.2, -0.15) is 0 Å². The quantitative estimate of drug-likeness (QED) is 0.200. The Morgan fingerprint density at radius 1 is 0.692 bits per heavy atom. The van der Waals surface area contributed by atoms with Crippen LogP contribution in [0.1, 0.15) is 101 Å². The maximum atomic E-state index is 12.6. The van der Waals surface area contributed by atoms with Gasteiger partial charge in [0.15, 0.2) is 0 Å². The second-order valence-electron chi connectivity index (χ2n) is 13.2. The first-order valence-corrected chi connectivity index (χ1v) is 13.4. The van der Waals surface area contributed by atoms with Crippen molar-refractivity contribution in [1.29, 1.82) is 0 Å². The molecular weight excluding hydrogens is 504 g/mol. The predicted octanol–water partition coefficient (Wildman–Crippen LogP) is 7.70. The van der Waals surface area contributed by atoms with Crippen molar-refractivity contribution in [2.75, 3.05) is 10.6 Å². The number of carbonyl (C=O) groups excluding carboxylic acids is 2. The number of aryl methyl sites for hydroxylation is 1. The molecule has 1 rings (SSSR count). The number of anilines is 2. The summed E-state index contributed by atoms with van der Waals surface area (Å²) in [6.45, 7) is 24.2. The third kappa shape index (κ3) is 15.7. The van der Waals surface area contributed by atoms with Crippen molar-refractivity contribution in [3.63, 3.8) is 0 Å². The number of benzene rings is 1. The van der Waals surface area contributed by atoms with Crippen molar-refractivity contribution in [1.82, 2.24) is 0 Å². The summed E-state index contributed by atoms with van der Waals surface area (Å²) in [7, 11) is 0. The molecule has 0 radical (unpaired) electrons. The first kappa shape index (κ1) is 34.6. The van der Waals surface area contributed by atoms with Crippen LogP contribution in [0.25, 0.3) is 0 Å². The first-order valence-electron chi connectivity index (χ1n) is 13.4. The molecule has 0 aliphatic carbocycles. The average molecular weight is 555 g/mol. The summed E-state index contributed by atoms with van der Waals surface area (Å²) in [4.78, 5) is 47.0. The van der Waals surface area contributed by atoms with Gasteiger partial charge in [0.1, 0.15) is 23.4 Å². The smallest absolute Gasteiger partial charge is 0.411 e. The summed E-state index contributed by atoms with van der Waals surface area (Å²) < 4.78 is 11.0. The Morgan fingerprint density at radius 3 is 1.51 bits per heavy atom. The Bertz CT molecular complexity index is 948. The summed E-state index contributed by atoms with van der Waals surface area (Å²) in [5.74, 6) is 0. The van der Waals surface area contributed by atoms with Gasteiger partial charge in [0, 0.05) is 24.2 Å². The highest BCUT2D eigenvalue weighted by Gasteiger charge is 2.29. The molecule has 0 aromatic heterocycles. The maximum Gasteiger partial charge on any atom is 0.411 e. The summed E-state index contributed by atoms with van der Waals surface area (Å²) in [6.07, 6.45) is -1.28. The van der Waals surface area contributed by atoms with Crippen molar-refractivity contribution >= 4 is 23.6 Å². The van der Waals surface area contributed by atoms with Crippen LogP contribution < -0.4 is 10.6 Å². The van der Waals surface area contributed by atoms with E-state index in [4.69, 9.17) is 29.0 Å². The monoisotopic (exact) mass is 554 g/mol. The molecule has 2 amide bonds. The van der Waals surface area contributed by atoms with E-state index in [1.165, 1.54) is 0 Å². The SMILES string of the molecule is Cc1ccc(NC(=O)OC(C)CC(C)(C)OOC(C)(C)C)cc1NC(=O)OC(C)CC(C)(C)OOC(C)(C)C. The highest BCUT2D eigenvalue weighted by atomic mass is 17.2. The van der Waals surface area contributed by atoms with E-state index in [1.807, 2.05) is 76.2 Å². The summed E-state index contributed by atoms with van der Waals surface area (Å²) in [5.41, 5.74) is -0.470. The fourth-order valence-corrected chi connectivity index (χ4v) is 3.50. The molecule has 39 heavy (non-hydrogen) atoms. The number of carbonyl (C=O) groups is 2. The first-order chi connectivity index (χ1) is 17.6. The minimum atomic E-state index is -0.662.